The molecule has 1 amide bonds. The second kappa shape index (κ2) is 8.36. The third-order valence-electron chi connectivity index (χ3n) is 3.87. The van der Waals surface area contributed by atoms with Crippen LogP contribution in [0, 0.1) is 6.92 Å². The highest BCUT2D eigenvalue weighted by atomic mass is 35.5. The predicted octanol–water partition coefficient (Wildman–Crippen LogP) is 2.11. The Labute approximate surface area is 138 Å². The fourth-order valence-electron chi connectivity index (χ4n) is 2.65. The molecule has 1 aliphatic heterocycles. The smallest absolute Gasteiger partial charge is 0.249 e. The fourth-order valence-corrected chi connectivity index (χ4v) is 2.65. The van der Waals surface area contributed by atoms with Crippen molar-refractivity contribution in [1.29, 1.82) is 0 Å². The molecule has 3 atom stereocenters. The van der Waals surface area contributed by atoms with Crippen molar-refractivity contribution in [2.24, 2.45) is 5.73 Å². The van der Waals surface area contributed by atoms with Gasteiger partial charge < -0.3 is 20.5 Å². The van der Waals surface area contributed by atoms with Gasteiger partial charge in [-0.3, -0.25) is 4.79 Å². The van der Waals surface area contributed by atoms with Gasteiger partial charge in [0.1, 0.15) is 11.9 Å². The van der Waals surface area contributed by atoms with Crippen molar-refractivity contribution >= 4 is 18.3 Å². The van der Waals surface area contributed by atoms with Gasteiger partial charge in [-0.15, -0.1) is 12.4 Å². The van der Waals surface area contributed by atoms with E-state index in [1.807, 2.05) is 32.0 Å². The van der Waals surface area contributed by atoms with E-state index in [1.165, 1.54) is 0 Å². The summed E-state index contributed by atoms with van der Waals surface area (Å²) in [6.07, 6.45) is 1.18. The lowest BCUT2D eigenvalue weighted by Gasteiger charge is -2.20. The molecule has 0 aromatic heterocycles. The van der Waals surface area contributed by atoms with Crippen molar-refractivity contribution in [1.82, 2.24) is 5.32 Å². The number of hydrogen-bond donors (Lipinski definition) is 2. The van der Waals surface area contributed by atoms with Crippen LogP contribution in [-0.2, 0) is 9.53 Å². The topological polar surface area (TPSA) is 73.6 Å². The lowest BCUT2D eigenvalue weighted by atomic mass is 10.0. The van der Waals surface area contributed by atoms with E-state index in [0.717, 1.165) is 29.7 Å². The second-order valence-corrected chi connectivity index (χ2v) is 5.54. The number of nitrogens with two attached hydrogens (primary N) is 1. The number of amides is 1. The van der Waals surface area contributed by atoms with Crippen LogP contribution in [0.1, 0.15) is 36.9 Å². The molecule has 0 saturated carbocycles. The maximum atomic E-state index is 12.3. The first kappa shape index (κ1) is 18.7. The minimum absolute atomic E-state index is 0. The Morgan fingerprint density at radius 2 is 2.23 bits per heavy atom. The van der Waals surface area contributed by atoms with Crippen LogP contribution in [-0.4, -0.2) is 31.8 Å². The van der Waals surface area contributed by atoms with Gasteiger partial charge in [0.05, 0.1) is 19.3 Å². The molecular formula is C16H25ClN2O3. The van der Waals surface area contributed by atoms with E-state index in [1.54, 1.807) is 7.11 Å². The summed E-state index contributed by atoms with van der Waals surface area (Å²) in [5.41, 5.74) is 7.67. The van der Waals surface area contributed by atoms with E-state index in [2.05, 4.69) is 5.32 Å². The van der Waals surface area contributed by atoms with Gasteiger partial charge in [0.25, 0.3) is 0 Å². The Morgan fingerprint density at radius 3 is 2.82 bits per heavy atom. The molecule has 1 heterocycles. The molecule has 0 spiro atoms. The second-order valence-electron chi connectivity index (χ2n) is 5.54. The Balaban J connectivity index is 0.00000242. The van der Waals surface area contributed by atoms with Crippen molar-refractivity contribution in [3.8, 4) is 5.75 Å². The van der Waals surface area contributed by atoms with E-state index in [-0.39, 0.29) is 30.5 Å². The maximum Gasteiger partial charge on any atom is 0.249 e. The number of halogens is 1. The molecule has 5 nitrogen and oxygen atoms in total. The molecule has 1 aromatic carbocycles. The molecule has 6 heteroatoms. The minimum atomic E-state index is -0.392. The highest BCUT2D eigenvalue weighted by Gasteiger charge is 2.30. The number of rotatable bonds is 5. The summed E-state index contributed by atoms with van der Waals surface area (Å²) in [4.78, 5) is 12.3. The summed E-state index contributed by atoms with van der Waals surface area (Å²) < 4.78 is 11.0. The van der Waals surface area contributed by atoms with Crippen molar-refractivity contribution in [2.75, 3.05) is 13.7 Å². The predicted molar refractivity (Wildman–Crippen MR) is 88.5 cm³/mol. The van der Waals surface area contributed by atoms with Crippen LogP contribution in [0.3, 0.4) is 0 Å². The zero-order valence-corrected chi connectivity index (χ0v) is 14.1. The molecule has 1 aromatic rings. The van der Waals surface area contributed by atoms with Gasteiger partial charge in [-0.2, -0.15) is 0 Å². The number of hydrogen-bond acceptors (Lipinski definition) is 4. The van der Waals surface area contributed by atoms with Crippen LogP contribution in [0.25, 0.3) is 0 Å². The summed E-state index contributed by atoms with van der Waals surface area (Å²) in [6, 6.07) is 5.81. The number of ether oxygens (including phenoxy) is 2. The average Bonchev–Trinajstić information content (AvgIpc) is 2.96. The fraction of sp³-hybridized carbons (Fsp3) is 0.562. The SMILES string of the molecule is COc1ccc(C)cc1C(C)NC(=O)[C@@H]1CC[C@H](CN)O1.Cl. The van der Waals surface area contributed by atoms with Crippen LogP contribution in [0.4, 0.5) is 0 Å². The van der Waals surface area contributed by atoms with Gasteiger partial charge >= 0.3 is 0 Å². The molecule has 2 rings (SSSR count). The zero-order chi connectivity index (χ0) is 15.4. The average molecular weight is 329 g/mol. The first-order chi connectivity index (χ1) is 10.0. The van der Waals surface area contributed by atoms with E-state index in [0.29, 0.717) is 6.54 Å². The first-order valence-corrected chi connectivity index (χ1v) is 7.35. The van der Waals surface area contributed by atoms with Gasteiger partial charge in [-0.25, -0.2) is 0 Å². The Kier molecular flexibility index (Phi) is 7.13. The summed E-state index contributed by atoms with van der Waals surface area (Å²) in [6.45, 7) is 4.43. The van der Waals surface area contributed by atoms with Crippen molar-refractivity contribution in [3.63, 3.8) is 0 Å². The molecule has 22 heavy (non-hydrogen) atoms. The Hall–Kier alpha value is -1.30. The van der Waals surface area contributed by atoms with Crippen LogP contribution in [0.15, 0.2) is 18.2 Å². The Morgan fingerprint density at radius 1 is 1.50 bits per heavy atom. The normalized spacial score (nSPS) is 21.8. The molecule has 1 saturated heterocycles. The highest BCUT2D eigenvalue weighted by molar-refractivity contribution is 5.85. The van der Waals surface area contributed by atoms with Crippen molar-refractivity contribution in [2.45, 2.75) is 44.9 Å². The molecule has 3 N–H and O–H groups in total. The van der Waals surface area contributed by atoms with E-state index in [9.17, 15) is 4.79 Å². The van der Waals surface area contributed by atoms with Crippen LogP contribution in [0.5, 0.6) is 5.75 Å². The van der Waals surface area contributed by atoms with E-state index < -0.39 is 6.10 Å². The summed E-state index contributed by atoms with van der Waals surface area (Å²) >= 11 is 0. The van der Waals surface area contributed by atoms with Crippen LogP contribution < -0.4 is 15.8 Å². The summed E-state index contributed by atoms with van der Waals surface area (Å²) in [5, 5.41) is 3.00. The highest BCUT2D eigenvalue weighted by Crippen LogP contribution is 2.27. The Bertz CT molecular complexity index is 510. The van der Waals surface area contributed by atoms with Crippen molar-refractivity contribution < 1.29 is 14.3 Å². The molecule has 0 bridgehead atoms. The molecule has 1 fully saturated rings. The summed E-state index contributed by atoms with van der Waals surface area (Å²) in [7, 11) is 1.63. The molecular weight excluding hydrogens is 304 g/mol. The molecule has 0 aliphatic carbocycles. The standard InChI is InChI=1S/C16H24N2O3.ClH/c1-10-4-6-14(20-3)13(8-10)11(2)18-16(19)15-7-5-12(9-17)21-15;/h4,6,8,11-12,15H,5,7,9,17H2,1-3H3,(H,18,19);1H/t11?,12-,15+;/m1./s1. The third kappa shape index (κ3) is 4.35. The molecule has 1 unspecified atom stereocenters. The van der Waals surface area contributed by atoms with Gasteiger partial charge in [0.2, 0.25) is 5.91 Å². The van der Waals surface area contributed by atoms with Gasteiger partial charge in [0.15, 0.2) is 0 Å². The molecule has 124 valence electrons. The van der Waals surface area contributed by atoms with Gasteiger partial charge in [-0.1, -0.05) is 17.7 Å². The molecule has 0 radical (unpaired) electrons. The van der Waals surface area contributed by atoms with E-state index in [4.69, 9.17) is 15.2 Å². The lowest BCUT2D eigenvalue weighted by Crippen LogP contribution is -2.37. The van der Waals surface area contributed by atoms with Gasteiger partial charge in [0, 0.05) is 12.1 Å². The quantitative estimate of drug-likeness (QED) is 0.868. The minimum Gasteiger partial charge on any atom is -0.496 e. The first-order valence-electron chi connectivity index (χ1n) is 7.35. The number of aryl methyl sites for hydroxylation is 1. The van der Waals surface area contributed by atoms with Gasteiger partial charge in [-0.05, 0) is 32.8 Å². The number of carbonyl (C=O) groups excluding carboxylic acids is 1. The summed E-state index contributed by atoms with van der Waals surface area (Å²) in [5.74, 6) is 0.697. The number of nitrogens with one attached hydrogen (secondary N) is 1. The van der Waals surface area contributed by atoms with Crippen LogP contribution >= 0.6 is 12.4 Å². The number of benzene rings is 1. The van der Waals surface area contributed by atoms with E-state index >= 15 is 0 Å². The van der Waals surface area contributed by atoms with Crippen LogP contribution in [0.2, 0.25) is 0 Å². The number of carbonyl (C=O) groups is 1. The maximum absolute atomic E-state index is 12.3. The zero-order valence-electron chi connectivity index (χ0n) is 13.3. The lowest BCUT2D eigenvalue weighted by molar-refractivity contribution is -0.132. The largest absolute Gasteiger partial charge is 0.496 e. The number of methoxy groups -OCH3 is 1. The molecule has 1 aliphatic rings. The monoisotopic (exact) mass is 328 g/mol. The van der Waals surface area contributed by atoms with Crippen molar-refractivity contribution in [3.05, 3.63) is 29.3 Å². The third-order valence-corrected chi connectivity index (χ3v) is 3.87.